The molecule has 1 rings (SSSR count). The van der Waals surface area contributed by atoms with Gasteiger partial charge in [0.2, 0.25) is 0 Å². The Morgan fingerprint density at radius 2 is 2.31 bits per heavy atom. The van der Waals surface area contributed by atoms with Gasteiger partial charge in [-0.2, -0.15) is 0 Å². The molecule has 0 amide bonds. The smallest absolute Gasteiger partial charge is 0.0208 e. The first kappa shape index (κ1) is 10.1. The molecule has 2 nitrogen and oxygen atoms in total. The maximum Gasteiger partial charge on any atom is 0.0208 e. The number of hydrogen-bond donors (Lipinski definition) is 2. The lowest BCUT2D eigenvalue weighted by molar-refractivity contribution is 0.551. The minimum atomic E-state index is 0.551. The molecule has 13 heavy (non-hydrogen) atoms. The Kier molecular flexibility index (Phi) is 3.77. The van der Waals surface area contributed by atoms with Crippen LogP contribution in [0.1, 0.15) is 13.8 Å². The molecular weight excluding hydrogens is 160 g/mol. The minimum Gasteiger partial charge on any atom is -0.329 e. The molecule has 0 saturated heterocycles. The Bertz CT molecular complexity index is 222. The molecule has 0 aliphatic heterocycles. The average molecular weight is 178 g/mol. The van der Waals surface area contributed by atoms with Crippen LogP contribution < -0.4 is 10.9 Å². The molecule has 0 aromatic carbocycles. The second-order valence-corrected chi connectivity index (χ2v) is 3.53. The summed E-state index contributed by atoms with van der Waals surface area (Å²) in [5.41, 5.74) is 7.38. The fourth-order valence-corrected chi connectivity index (χ4v) is 1.27. The fourth-order valence-electron chi connectivity index (χ4n) is 1.27. The number of nitrogens with one attached hydrogen (secondary N) is 2. The van der Waals surface area contributed by atoms with Crippen molar-refractivity contribution in [3.63, 3.8) is 0 Å². The van der Waals surface area contributed by atoms with Crippen molar-refractivity contribution in [2.24, 2.45) is 11.8 Å². The molecule has 0 radical (unpaired) electrons. The molecule has 0 spiro atoms. The van der Waals surface area contributed by atoms with Gasteiger partial charge >= 0.3 is 0 Å². The predicted octanol–water partition coefficient (Wildman–Crippen LogP) is 1.99. The van der Waals surface area contributed by atoms with Gasteiger partial charge in [0.05, 0.1) is 0 Å². The molecule has 0 saturated carbocycles. The van der Waals surface area contributed by atoms with E-state index in [1.165, 1.54) is 5.57 Å². The van der Waals surface area contributed by atoms with Gasteiger partial charge in [-0.15, -0.1) is 0 Å². The summed E-state index contributed by atoms with van der Waals surface area (Å²) in [6, 6.07) is 0. The summed E-state index contributed by atoms with van der Waals surface area (Å²) in [6.45, 7) is 8.87. The van der Waals surface area contributed by atoms with E-state index in [1.807, 2.05) is 0 Å². The van der Waals surface area contributed by atoms with Crippen LogP contribution in [0.4, 0.5) is 0 Å². The Morgan fingerprint density at radius 1 is 1.62 bits per heavy atom. The molecule has 0 aromatic rings. The van der Waals surface area contributed by atoms with E-state index in [0.717, 1.165) is 6.54 Å². The highest BCUT2D eigenvalue weighted by Crippen LogP contribution is 2.25. The van der Waals surface area contributed by atoms with Crippen molar-refractivity contribution >= 4 is 0 Å². The molecular formula is C11H18N2. The zero-order chi connectivity index (χ0) is 9.68. The van der Waals surface area contributed by atoms with Gasteiger partial charge in [-0.3, -0.25) is 0 Å². The van der Waals surface area contributed by atoms with Crippen LogP contribution in [0.3, 0.4) is 0 Å². The maximum atomic E-state index is 3.56. The van der Waals surface area contributed by atoms with E-state index in [-0.39, 0.29) is 0 Å². The van der Waals surface area contributed by atoms with Crippen molar-refractivity contribution < 1.29 is 0 Å². The number of hydrazine groups is 1. The van der Waals surface area contributed by atoms with Gasteiger partial charge < -0.3 is 5.43 Å². The van der Waals surface area contributed by atoms with Crippen LogP contribution in [0.2, 0.25) is 0 Å². The van der Waals surface area contributed by atoms with Crippen LogP contribution in [-0.4, -0.2) is 6.54 Å². The van der Waals surface area contributed by atoms with Crippen LogP contribution in [0.5, 0.6) is 0 Å². The first-order valence-electron chi connectivity index (χ1n) is 4.70. The Labute approximate surface area is 80.4 Å². The summed E-state index contributed by atoms with van der Waals surface area (Å²) >= 11 is 0. The van der Waals surface area contributed by atoms with Gasteiger partial charge in [-0.05, 0) is 12.8 Å². The lowest BCUT2D eigenvalue weighted by atomic mass is 10.1. The second-order valence-electron chi connectivity index (χ2n) is 3.53. The molecule has 1 atom stereocenters. The van der Waals surface area contributed by atoms with Crippen molar-refractivity contribution in [3.8, 4) is 0 Å². The first-order chi connectivity index (χ1) is 6.24. The van der Waals surface area contributed by atoms with Crippen LogP contribution >= 0.6 is 0 Å². The van der Waals surface area contributed by atoms with Crippen molar-refractivity contribution in [2.45, 2.75) is 13.8 Å². The topological polar surface area (TPSA) is 24.1 Å². The van der Waals surface area contributed by atoms with E-state index >= 15 is 0 Å². The third-order valence-corrected chi connectivity index (χ3v) is 2.09. The van der Waals surface area contributed by atoms with Crippen LogP contribution in [0.25, 0.3) is 0 Å². The summed E-state index contributed by atoms with van der Waals surface area (Å²) in [5, 5.41) is 0. The molecule has 0 heterocycles. The summed E-state index contributed by atoms with van der Waals surface area (Å²) in [4.78, 5) is 0. The van der Waals surface area contributed by atoms with Crippen LogP contribution in [-0.2, 0) is 0 Å². The van der Waals surface area contributed by atoms with Gasteiger partial charge in [0.15, 0.2) is 0 Å². The van der Waals surface area contributed by atoms with Crippen LogP contribution in [0, 0.1) is 11.8 Å². The highest BCUT2D eigenvalue weighted by atomic mass is 15.3. The Balaban J connectivity index is 2.18. The minimum absolute atomic E-state index is 0.551. The summed E-state index contributed by atoms with van der Waals surface area (Å²) in [6.07, 6.45) is 8.39. The third-order valence-electron chi connectivity index (χ3n) is 2.09. The predicted molar refractivity (Wildman–Crippen MR) is 56.9 cm³/mol. The average Bonchev–Trinajstić information content (AvgIpc) is 2.86. The standard InChI is InChI=1S/C11H18N2/c1-4-12-13-8-9(2)7-10(3)11-5-6-11/h4-7,9,11-13H,1,8H2,2-3H3/b10-7-. The van der Waals surface area contributed by atoms with Crippen molar-refractivity contribution in [1.82, 2.24) is 10.9 Å². The lowest BCUT2D eigenvalue weighted by Gasteiger charge is -2.09. The van der Waals surface area contributed by atoms with E-state index in [9.17, 15) is 0 Å². The highest BCUT2D eigenvalue weighted by Gasteiger charge is 2.12. The largest absolute Gasteiger partial charge is 0.329 e. The van der Waals surface area contributed by atoms with Crippen molar-refractivity contribution in [2.75, 3.05) is 6.54 Å². The van der Waals surface area contributed by atoms with Gasteiger partial charge in [0.25, 0.3) is 0 Å². The zero-order valence-corrected chi connectivity index (χ0v) is 8.38. The molecule has 1 aliphatic carbocycles. The molecule has 1 unspecified atom stereocenters. The maximum absolute atomic E-state index is 3.56. The SMILES string of the molecule is C=CNNCC(C)/C=C(/C)C1C=C1. The van der Waals surface area contributed by atoms with Gasteiger partial charge in [-0.25, -0.2) is 5.43 Å². The molecule has 1 aliphatic rings. The fraction of sp³-hybridized carbons (Fsp3) is 0.455. The lowest BCUT2D eigenvalue weighted by Crippen LogP contribution is -2.30. The monoisotopic (exact) mass is 178 g/mol. The third kappa shape index (κ3) is 3.95. The van der Waals surface area contributed by atoms with E-state index in [1.54, 1.807) is 6.20 Å². The normalized spacial score (nSPS) is 18.5. The summed E-state index contributed by atoms with van der Waals surface area (Å²) in [5.74, 6) is 1.20. The van der Waals surface area contributed by atoms with E-state index in [2.05, 4.69) is 49.5 Å². The Hall–Kier alpha value is -1.02. The quantitative estimate of drug-likeness (QED) is 0.369. The highest BCUT2D eigenvalue weighted by molar-refractivity contribution is 5.29. The summed E-state index contributed by atoms with van der Waals surface area (Å²) < 4.78 is 0. The van der Waals surface area contributed by atoms with Gasteiger partial charge in [0.1, 0.15) is 0 Å². The van der Waals surface area contributed by atoms with Gasteiger partial charge in [-0.1, -0.05) is 37.3 Å². The second kappa shape index (κ2) is 4.87. The molecule has 0 bridgehead atoms. The van der Waals surface area contributed by atoms with E-state index in [0.29, 0.717) is 11.8 Å². The number of hydrogen-bond acceptors (Lipinski definition) is 2. The Morgan fingerprint density at radius 3 is 2.85 bits per heavy atom. The van der Waals surface area contributed by atoms with Crippen molar-refractivity contribution in [3.05, 3.63) is 36.6 Å². The molecule has 0 fully saturated rings. The molecule has 0 aromatic heterocycles. The number of rotatable bonds is 6. The number of allylic oxidation sites excluding steroid dienone is 3. The summed E-state index contributed by atoms with van der Waals surface area (Å²) in [7, 11) is 0. The van der Waals surface area contributed by atoms with Gasteiger partial charge in [0, 0.05) is 18.7 Å². The molecule has 2 N–H and O–H groups in total. The van der Waals surface area contributed by atoms with Crippen LogP contribution in [0.15, 0.2) is 36.6 Å². The zero-order valence-electron chi connectivity index (χ0n) is 8.38. The molecule has 72 valence electrons. The van der Waals surface area contributed by atoms with E-state index < -0.39 is 0 Å². The van der Waals surface area contributed by atoms with E-state index in [4.69, 9.17) is 0 Å². The molecule has 2 heteroatoms. The van der Waals surface area contributed by atoms with Crippen molar-refractivity contribution in [1.29, 1.82) is 0 Å². The first-order valence-corrected chi connectivity index (χ1v) is 4.70.